The SMILES string of the molecule is CCc1ccc(NC(=O)Nc2cccc(OC(C)C)c2)cc1. The second kappa shape index (κ2) is 7.50. The standard InChI is InChI=1S/C18H22N2O2/c1-4-14-8-10-15(11-9-14)19-18(21)20-16-6-5-7-17(12-16)22-13(2)3/h5-13H,4H2,1-3H3,(H2,19,20,21). The minimum Gasteiger partial charge on any atom is -0.491 e. The number of carbonyl (C=O) groups is 1. The average Bonchev–Trinajstić information content (AvgIpc) is 2.47. The minimum absolute atomic E-state index is 0.0983. The molecule has 4 heteroatoms. The number of benzene rings is 2. The lowest BCUT2D eigenvalue weighted by Crippen LogP contribution is -2.19. The predicted molar refractivity (Wildman–Crippen MR) is 90.7 cm³/mol. The number of aryl methyl sites for hydroxylation is 1. The summed E-state index contributed by atoms with van der Waals surface area (Å²) in [5.74, 6) is 0.736. The second-order valence-corrected chi connectivity index (χ2v) is 5.32. The van der Waals surface area contributed by atoms with Gasteiger partial charge < -0.3 is 15.4 Å². The lowest BCUT2D eigenvalue weighted by atomic mass is 10.1. The first-order valence-corrected chi connectivity index (χ1v) is 7.50. The van der Waals surface area contributed by atoms with Crippen LogP contribution in [0, 0.1) is 0 Å². The molecule has 0 fully saturated rings. The number of urea groups is 1. The molecule has 0 aliphatic carbocycles. The van der Waals surface area contributed by atoms with Gasteiger partial charge in [0.25, 0.3) is 0 Å². The van der Waals surface area contributed by atoms with Gasteiger partial charge in [0.1, 0.15) is 5.75 Å². The molecule has 0 saturated carbocycles. The third kappa shape index (κ3) is 4.81. The molecule has 0 aromatic heterocycles. The molecule has 0 aliphatic heterocycles. The molecule has 2 aromatic carbocycles. The van der Waals surface area contributed by atoms with Crippen LogP contribution in [0.5, 0.6) is 5.75 Å². The average molecular weight is 298 g/mol. The lowest BCUT2D eigenvalue weighted by molar-refractivity contribution is 0.242. The highest BCUT2D eigenvalue weighted by Gasteiger charge is 2.04. The number of nitrogens with one attached hydrogen (secondary N) is 2. The molecule has 4 nitrogen and oxygen atoms in total. The first kappa shape index (κ1) is 15.9. The first-order valence-electron chi connectivity index (χ1n) is 7.50. The second-order valence-electron chi connectivity index (χ2n) is 5.32. The molecule has 2 amide bonds. The Kier molecular flexibility index (Phi) is 5.42. The highest BCUT2D eigenvalue weighted by molar-refractivity contribution is 5.99. The Balaban J connectivity index is 1.96. The van der Waals surface area contributed by atoms with Crippen LogP contribution >= 0.6 is 0 Å². The summed E-state index contributed by atoms with van der Waals surface area (Å²) in [6, 6.07) is 14.9. The van der Waals surface area contributed by atoms with Crippen molar-refractivity contribution in [2.24, 2.45) is 0 Å². The molecule has 0 spiro atoms. The fraction of sp³-hybridized carbons (Fsp3) is 0.278. The van der Waals surface area contributed by atoms with E-state index in [1.54, 1.807) is 6.07 Å². The normalized spacial score (nSPS) is 10.4. The summed E-state index contributed by atoms with van der Waals surface area (Å²) in [6.07, 6.45) is 1.08. The number of carbonyl (C=O) groups excluding carboxylic acids is 1. The van der Waals surface area contributed by atoms with E-state index in [1.165, 1.54) is 5.56 Å². The number of amides is 2. The Hall–Kier alpha value is -2.49. The van der Waals surface area contributed by atoms with Gasteiger partial charge in [-0.3, -0.25) is 0 Å². The fourth-order valence-corrected chi connectivity index (χ4v) is 2.04. The fourth-order valence-electron chi connectivity index (χ4n) is 2.04. The van der Waals surface area contributed by atoms with Crippen LogP contribution in [0.3, 0.4) is 0 Å². The Labute approximate surface area is 131 Å². The molecule has 0 heterocycles. The first-order chi connectivity index (χ1) is 10.6. The van der Waals surface area contributed by atoms with Crippen molar-refractivity contribution in [3.05, 3.63) is 54.1 Å². The van der Waals surface area contributed by atoms with Crippen LogP contribution in [0.25, 0.3) is 0 Å². The van der Waals surface area contributed by atoms with E-state index in [2.05, 4.69) is 17.6 Å². The van der Waals surface area contributed by atoms with Crippen LogP contribution in [0.2, 0.25) is 0 Å². The number of hydrogen-bond donors (Lipinski definition) is 2. The van der Waals surface area contributed by atoms with Gasteiger partial charge in [-0.15, -0.1) is 0 Å². The molecule has 0 bridgehead atoms. The van der Waals surface area contributed by atoms with E-state index in [-0.39, 0.29) is 12.1 Å². The Morgan fingerprint density at radius 1 is 1.05 bits per heavy atom. The smallest absolute Gasteiger partial charge is 0.323 e. The van der Waals surface area contributed by atoms with Gasteiger partial charge in [0, 0.05) is 17.4 Å². The molecule has 116 valence electrons. The maximum atomic E-state index is 12.0. The molecule has 0 aliphatic rings. The van der Waals surface area contributed by atoms with Gasteiger partial charge >= 0.3 is 6.03 Å². The van der Waals surface area contributed by atoms with E-state index in [9.17, 15) is 4.79 Å². The summed E-state index contributed by atoms with van der Waals surface area (Å²) in [5, 5.41) is 5.61. The zero-order valence-electron chi connectivity index (χ0n) is 13.2. The molecule has 0 radical (unpaired) electrons. The monoisotopic (exact) mass is 298 g/mol. The van der Waals surface area contributed by atoms with Crippen LogP contribution < -0.4 is 15.4 Å². The quantitative estimate of drug-likeness (QED) is 0.842. The maximum Gasteiger partial charge on any atom is 0.323 e. The van der Waals surface area contributed by atoms with Crippen LogP contribution in [0.4, 0.5) is 16.2 Å². The molecular weight excluding hydrogens is 276 g/mol. The van der Waals surface area contributed by atoms with Gasteiger partial charge in [0.15, 0.2) is 0 Å². The zero-order valence-corrected chi connectivity index (χ0v) is 13.2. The lowest BCUT2D eigenvalue weighted by Gasteiger charge is -2.12. The van der Waals surface area contributed by atoms with E-state index >= 15 is 0 Å². The Bertz CT molecular complexity index is 621. The van der Waals surface area contributed by atoms with Crippen LogP contribution in [-0.2, 0) is 6.42 Å². The summed E-state index contributed by atoms with van der Waals surface area (Å²) >= 11 is 0. The minimum atomic E-state index is -0.272. The summed E-state index contributed by atoms with van der Waals surface area (Å²) in [5.41, 5.74) is 2.70. The maximum absolute atomic E-state index is 12.0. The van der Waals surface area contributed by atoms with Crippen molar-refractivity contribution in [3.8, 4) is 5.75 Å². The number of ether oxygens (including phenoxy) is 1. The third-order valence-corrected chi connectivity index (χ3v) is 3.08. The van der Waals surface area contributed by atoms with E-state index in [0.29, 0.717) is 5.69 Å². The molecule has 22 heavy (non-hydrogen) atoms. The van der Waals surface area contributed by atoms with Crippen molar-refractivity contribution >= 4 is 17.4 Å². The van der Waals surface area contributed by atoms with E-state index < -0.39 is 0 Å². The molecule has 2 aromatic rings. The van der Waals surface area contributed by atoms with Crippen molar-refractivity contribution in [1.29, 1.82) is 0 Å². The summed E-state index contributed by atoms with van der Waals surface area (Å²) in [6.45, 7) is 6.03. The molecule has 0 atom stereocenters. The van der Waals surface area contributed by atoms with Crippen molar-refractivity contribution in [3.63, 3.8) is 0 Å². The Morgan fingerprint density at radius 3 is 2.36 bits per heavy atom. The van der Waals surface area contributed by atoms with Gasteiger partial charge in [0.2, 0.25) is 0 Å². The number of rotatable bonds is 5. The molecule has 2 rings (SSSR count). The van der Waals surface area contributed by atoms with Crippen molar-refractivity contribution in [2.45, 2.75) is 33.3 Å². The highest BCUT2D eigenvalue weighted by atomic mass is 16.5. The van der Waals surface area contributed by atoms with Crippen LogP contribution in [0.15, 0.2) is 48.5 Å². The summed E-state index contributed by atoms with van der Waals surface area (Å²) < 4.78 is 5.61. The Morgan fingerprint density at radius 2 is 1.73 bits per heavy atom. The van der Waals surface area contributed by atoms with Gasteiger partial charge in [-0.1, -0.05) is 25.1 Å². The molecule has 0 saturated heterocycles. The van der Waals surface area contributed by atoms with Gasteiger partial charge in [0.05, 0.1) is 6.10 Å². The topological polar surface area (TPSA) is 50.4 Å². The zero-order chi connectivity index (χ0) is 15.9. The van der Waals surface area contributed by atoms with Crippen LogP contribution in [-0.4, -0.2) is 12.1 Å². The van der Waals surface area contributed by atoms with E-state index in [0.717, 1.165) is 17.9 Å². The summed E-state index contributed by atoms with van der Waals surface area (Å²) in [4.78, 5) is 12.0. The highest BCUT2D eigenvalue weighted by Crippen LogP contribution is 2.19. The van der Waals surface area contributed by atoms with Gasteiger partial charge in [-0.2, -0.15) is 0 Å². The summed E-state index contributed by atoms with van der Waals surface area (Å²) in [7, 11) is 0. The van der Waals surface area contributed by atoms with E-state index in [4.69, 9.17) is 4.74 Å². The van der Waals surface area contributed by atoms with Gasteiger partial charge in [-0.05, 0) is 50.1 Å². The molecular formula is C18H22N2O2. The number of hydrogen-bond acceptors (Lipinski definition) is 2. The van der Waals surface area contributed by atoms with Crippen molar-refractivity contribution in [1.82, 2.24) is 0 Å². The predicted octanol–water partition coefficient (Wildman–Crippen LogP) is 4.68. The largest absolute Gasteiger partial charge is 0.491 e. The van der Waals surface area contributed by atoms with Crippen molar-refractivity contribution < 1.29 is 9.53 Å². The van der Waals surface area contributed by atoms with E-state index in [1.807, 2.05) is 56.3 Å². The number of anilines is 2. The van der Waals surface area contributed by atoms with Gasteiger partial charge in [-0.25, -0.2) is 4.79 Å². The third-order valence-electron chi connectivity index (χ3n) is 3.08. The molecule has 0 unspecified atom stereocenters. The molecule has 2 N–H and O–H groups in total. The van der Waals surface area contributed by atoms with Crippen molar-refractivity contribution in [2.75, 3.05) is 10.6 Å². The van der Waals surface area contributed by atoms with Crippen LogP contribution in [0.1, 0.15) is 26.3 Å².